The average Bonchev–Trinajstić information content (AvgIpc) is 2.76. The Kier molecular flexibility index (Phi) is 5.83. The van der Waals surface area contributed by atoms with E-state index in [9.17, 15) is 9.90 Å². The minimum absolute atomic E-state index is 0.187. The third-order valence-electron chi connectivity index (χ3n) is 4.82. The molecule has 7 heteroatoms. The molecule has 2 heterocycles. The summed E-state index contributed by atoms with van der Waals surface area (Å²) in [6, 6.07) is 16.6. The zero-order valence-corrected chi connectivity index (χ0v) is 17.0. The Balaban J connectivity index is 1.52. The van der Waals surface area contributed by atoms with Crippen molar-refractivity contribution in [2.45, 2.75) is 32.6 Å². The summed E-state index contributed by atoms with van der Waals surface area (Å²) in [7, 11) is 0. The molecule has 0 aliphatic carbocycles. The summed E-state index contributed by atoms with van der Waals surface area (Å²) in [4.78, 5) is 12.6. The molecule has 1 unspecified atom stereocenters. The number of aromatic nitrogens is 2. The average molecular weight is 407 g/mol. The monoisotopic (exact) mass is 407 g/mol. The van der Waals surface area contributed by atoms with E-state index in [-0.39, 0.29) is 12.2 Å². The van der Waals surface area contributed by atoms with E-state index in [1.54, 1.807) is 30.3 Å². The molecule has 156 valence electrons. The van der Waals surface area contributed by atoms with Gasteiger partial charge in [-0.1, -0.05) is 26.0 Å². The summed E-state index contributed by atoms with van der Waals surface area (Å²) in [5.74, 6) is 1.38. The van der Waals surface area contributed by atoms with E-state index in [1.807, 2.05) is 38.1 Å². The molecule has 0 spiro atoms. The maximum Gasteiger partial charge on any atom is 0.271 e. The molecular formula is C23H25N3O4. The van der Waals surface area contributed by atoms with Gasteiger partial charge in [0.2, 0.25) is 0 Å². The van der Waals surface area contributed by atoms with Crippen molar-refractivity contribution in [2.75, 3.05) is 13.2 Å². The predicted molar refractivity (Wildman–Crippen MR) is 114 cm³/mol. The molecule has 7 nitrogen and oxygen atoms in total. The van der Waals surface area contributed by atoms with Crippen molar-refractivity contribution in [1.82, 2.24) is 15.1 Å². The highest BCUT2D eigenvalue weighted by atomic mass is 16.5. The second kappa shape index (κ2) is 8.69. The Labute approximate surface area is 174 Å². The number of ether oxygens (including phenoxy) is 2. The lowest BCUT2D eigenvalue weighted by atomic mass is 10.0. The molecule has 2 aromatic carbocycles. The van der Waals surface area contributed by atoms with Crippen LogP contribution in [-0.2, 0) is 6.61 Å². The summed E-state index contributed by atoms with van der Waals surface area (Å²) in [5, 5.41) is 17.7. The van der Waals surface area contributed by atoms with Gasteiger partial charge in [0.15, 0.2) is 0 Å². The number of aliphatic hydroxyl groups is 1. The summed E-state index contributed by atoms with van der Waals surface area (Å²) in [6.07, 6.45) is -0.598. The van der Waals surface area contributed by atoms with Crippen LogP contribution in [0.3, 0.4) is 0 Å². The van der Waals surface area contributed by atoms with E-state index in [2.05, 4.69) is 10.4 Å². The van der Waals surface area contributed by atoms with Gasteiger partial charge in [0.25, 0.3) is 5.56 Å². The van der Waals surface area contributed by atoms with Gasteiger partial charge >= 0.3 is 0 Å². The first kappa shape index (κ1) is 20.1. The number of para-hydroxylation sites is 1. The molecule has 3 aromatic rings. The highest BCUT2D eigenvalue weighted by Crippen LogP contribution is 2.35. The Morgan fingerprint density at radius 2 is 1.97 bits per heavy atom. The zero-order chi connectivity index (χ0) is 21.1. The van der Waals surface area contributed by atoms with Crippen LogP contribution >= 0.6 is 0 Å². The first-order valence-corrected chi connectivity index (χ1v) is 10.0. The molecule has 1 aliphatic heterocycles. The maximum atomic E-state index is 12.6. The Morgan fingerprint density at radius 3 is 2.73 bits per heavy atom. The molecule has 0 fully saturated rings. The van der Waals surface area contributed by atoms with Gasteiger partial charge in [-0.3, -0.25) is 4.79 Å². The van der Waals surface area contributed by atoms with Crippen LogP contribution in [0, 0.1) is 0 Å². The number of rotatable bonds is 7. The normalized spacial score (nSPS) is 13.3. The fourth-order valence-electron chi connectivity index (χ4n) is 3.26. The Hall–Kier alpha value is -3.16. The number of aliphatic hydroxyl groups excluding tert-OH is 1. The van der Waals surface area contributed by atoms with E-state index in [0.29, 0.717) is 30.6 Å². The number of benzene rings is 2. The Bertz CT molecular complexity index is 1080. The van der Waals surface area contributed by atoms with Gasteiger partial charge < -0.3 is 19.9 Å². The van der Waals surface area contributed by atoms with Crippen molar-refractivity contribution in [1.29, 1.82) is 0 Å². The lowest BCUT2D eigenvalue weighted by molar-refractivity contribution is 0.104. The fourth-order valence-corrected chi connectivity index (χ4v) is 3.26. The van der Waals surface area contributed by atoms with Crippen molar-refractivity contribution in [3.8, 4) is 28.4 Å². The van der Waals surface area contributed by atoms with Crippen molar-refractivity contribution in [2.24, 2.45) is 0 Å². The van der Waals surface area contributed by atoms with E-state index in [1.165, 1.54) is 4.68 Å². The van der Waals surface area contributed by atoms with Gasteiger partial charge in [0.1, 0.15) is 36.5 Å². The van der Waals surface area contributed by atoms with E-state index in [0.717, 1.165) is 22.6 Å². The Morgan fingerprint density at radius 1 is 1.20 bits per heavy atom. The summed E-state index contributed by atoms with van der Waals surface area (Å²) in [6.45, 7) is 5.03. The van der Waals surface area contributed by atoms with Crippen molar-refractivity contribution in [3.05, 3.63) is 70.5 Å². The third-order valence-corrected chi connectivity index (χ3v) is 4.82. The predicted octanol–water partition coefficient (Wildman–Crippen LogP) is 2.53. The van der Waals surface area contributed by atoms with Crippen LogP contribution in [0.4, 0.5) is 0 Å². The number of hydrogen-bond acceptors (Lipinski definition) is 6. The standard InChI is InChI=1S/C23H25N3O4/c1-15(2)24-12-18(27)14-29-19-9-7-17(8-10-19)26-22(28)11-16-13-30-21-6-4-3-5-20(21)23(16)25-26/h3-11,15,18,24,27H,12-14H2,1-2H3. The summed E-state index contributed by atoms with van der Waals surface area (Å²) >= 11 is 0. The zero-order valence-electron chi connectivity index (χ0n) is 17.0. The first-order chi connectivity index (χ1) is 14.5. The molecule has 0 saturated carbocycles. The van der Waals surface area contributed by atoms with Crippen LogP contribution in [0.1, 0.15) is 19.4 Å². The van der Waals surface area contributed by atoms with Crippen LogP contribution in [0.2, 0.25) is 0 Å². The van der Waals surface area contributed by atoms with E-state index in [4.69, 9.17) is 9.47 Å². The molecule has 0 amide bonds. The highest BCUT2D eigenvalue weighted by molar-refractivity contribution is 5.71. The second-order valence-corrected chi connectivity index (χ2v) is 7.57. The van der Waals surface area contributed by atoms with Gasteiger partial charge in [0.05, 0.1) is 5.69 Å². The highest BCUT2D eigenvalue weighted by Gasteiger charge is 2.20. The van der Waals surface area contributed by atoms with Crippen LogP contribution in [0.25, 0.3) is 16.9 Å². The molecule has 1 aliphatic rings. The first-order valence-electron chi connectivity index (χ1n) is 10.0. The topological polar surface area (TPSA) is 85.6 Å². The smallest absolute Gasteiger partial charge is 0.271 e. The lowest BCUT2D eigenvalue weighted by Gasteiger charge is -2.20. The number of hydrogen-bond donors (Lipinski definition) is 2. The SMILES string of the molecule is CC(C)NCC(O)COc1ccc(-n2nc3c(cc2=O)COc2ccccc2-3)cc1. The van der Waals surface area contributed by atoms with Gasteiger partial charge in [-0.15, -0.1) is 0 Å². The van der Waals surface area contributed by atoms with Gasteiger partial charge in [-0.25, -0.2) is 0 Å². The summed E-state index contributed by atoms with van der Waals surface area (Å²) < 4.78 is 12.7. The quantitative estimate of drug-likeness (QED) is 0.626. The lowest BCUT2D eigenvalue weighted by Crippen LogP contribution is -2.35. The van der Waals surface area contributed by atoms with E-state index < -0.39 is 6.10 Å². The van der Waals surface area contributed by atoms with Crippen molar-refractivity contribution < 1.29 is 14.6 Å². The second-order valence-electron chi connectivity index (χ2n) is 7.57. The molecule has 1 atom stereocenters. The van der Waals surface area contributed by atoms with Crippen LogP contribution in [-0.4, -0.2) is 40.2 Å². The van der Waals surface area contributed by atoms with Crippen molar-refractivity contribution >= 4 is 0 Å². The van der Waals surface area contributed by atoms with Gasteiger partial charge in [-0.05, 0) is 36.4 Å². The largest absolute Gasteiger partial charge is 0.491 e. The molecule has 0 bridgehead atoms. The van der Waals surface area contributed by atoms with E-state index >= 15 is 0 Å². The molecule has 30 heavy (non-hydrogen) atoms. The fraction of sp³-hybridized carbons (Fsp3) is 0.304. The minimum Gasteiger partial charge on any atom is -0.491 e. The molecule has 0 radical (unpaired) electrons. The van der Waals surface area contributed by atoms with Gasteiger partial charge in [0, 0.05) is 29.8 Å². The van der Waals surface area contributed by atoms with Gasteiger partial charge in [-0.2, -0.15) is 9.78 Å². The molecule has 4 rings (SSSR count). The molecule has 0 saturated heterocycles. The third kappa shape index (κ3) is 4.37. The van der Waals surface area contributed by atoms with Crippen LogP contribution in [0.5, 0.6) is 11.5 Å². The maximum absolute atomic E-state index is 12.6. The number of nitrogens with one attached hydrogen (secondary N) is 1. The van der Waals surface area contributed by atoms with Crippen LogP contribution in [0.15, 0.2) is 59.4 Å². The molecule has 1 aromatic heterocycles. The van der Waals surface area contributed by atoms with Crippen molar-refractivity contribution in [3.63, 3.8) is 0 Å². The van der Waals surface area contributed by atoms with Crippen LogP contribution < -0.4 is 20.3 Å². The number of fused-ring (bicyclic) bond motifs is 3. The summed E-state index contributed by atoms with van der Waals surface area (Å²) in [5.41, 5.74) is 2.81. The number of nitrogens with zero attached hydrogens (tertiary/aromatic N) is 2. The molecule has 2 N–H and O–H groups in total. The minimum atomic E-state index is -0.598. The molecular weight excluding hydrogens is 382 g/mol.